The second kappa shape index (κ2) is 5.99. The number of primary amides is 1. The van der Waals surface area contributed by atoms with E-state index < -0.39 is 0 Å². The average molecular weight is 300 g/mol. The maximum atomic E-state index is 11.1. The second-order valence-corrected chi connectivity index (χ2v) is 6.62. The number of benzene rings is 1. The van der Waals surface area contributed by atoms with Crippen molar-refractivity contribution in [2.24, 2.45) is 21.9 Å². The highest BCUT2D eigenvalue weighted by molar-refractivity contribution is 5.93. The predicted octanol–water partition coefficient (Wildman–Crippen LogP) is 1.95. The first kappa shape index (κ1) is 14.9. The number of fused-ring (bicyclic) bond motifs is 1. The van der Waals surface area contributed by atoms with E-state index in [0.717, 1.165) is 31.4 Å². The molecular formula is C17H24N4O. The van der Waals surface area contributed by atoms with Gasteiger partial charge in [0.25, 0.3) is 0 Å². The number of anilines is 1. The molecule has 0 saturated heterocycles. The van der Waals surface area contributed by atoms with Crippen LogP contribution < -0.4 is 16.8 Å². The Kier molecular flexibility index (Phi) is 4.05. The number of hydrogen-bond acceptors (Lipinski definition) is 2. The molecule has 22 heavy (non-hydrogen) atoms. The van der Waals surface area contributed by atoms with Crippen molar-refractivity contribution in [3.63, 3.8) is 0 Å². The third-order valence-corrected chi connectivity index (χ3v) is 4.75. The third-order valence-electron chi connectivity index (χ3n) is 4.75. The van der Waals surface area contributed by atoms with Gasteiger partial charge in [0, 0.05) is 18.7 Å². The SMILES string of the molecule is NC(=O)CC1(CN=C(N)Nc2cccc3c2CCCC3)CC1. The van der Waals surface area contributed by atoms with E-state index >= 15 is 0 Å². The van der Waals surface area contributed by atoms with Crippen molar-refractivity contribution in [1.82, 2.24) is 0 Å². The highest BCUT2D eigenvalue weighted by Crippen LogP contribution is 2.48. The summed E-state index contributed by atoms with van der Waals surface area (Å²) in [6.45, 7) is 0.573. The molecule has 118 valence electrons. The van der Waals surface area contributed by atoms with Gasteiger partial charge in [0.1, 0.15) is 0 Å². The zero-order chi connectivity index (χ0) is 15.6. The summed E-state index contributed by atoms with van der Waals surface area (Å²) in [7, 11) is 0. The minimum Gasteiger partial charge on any atom is -0.370 e. The normalized spacial score (nSPS) is 19.4. The zero-order valence-electron chi connectivity index (χ0n) is 12.9. The molecule has 2 aliphatic carbocycles. The van der Waals surface area contributed by atoms with Crippen molar-refractivity contribution in [2.45, 2.75) is 44.9 Å². The molecule has 5 nitrogen and oxygen atoms in total. The van der Waals surface area contributed by atoms with Crippen LogP contribution in [0.2, 0.25) is 0 Å². The fourth-order valence-electron chi connectivity index (χ4n) is 3.27. The predicted molar refractivity (Wildman–Crippen MR) is 88.7 cm³/mol. The Labute approximate surface area is 131 Å². The molecular weight excluding hydrogens is 276 g/mol. The van der Waals surface area contributed by atoms with Crippen LogP contribution in [0.4, 0.5) is 5.69 Å². The van der Waals surface area contributed by atoms with Crippen molar-refractivity contribution < 1.29 is 4.79 Å². The lowest BCUT2D eigenvalue weighted by atomic mass is 9.90. The zero-order valence-corrected chi connectivity index (χ0v) is 12.9. The van der Waals surface area contributed by atoms with Gasteiger partial charge < -0.3 is 16.8 Å². The van der Waals surface area contributed by atoms with Gasteiger partial charge in [-0.3, -0.25) is 9.79 Å². The van der Waals surface area contributed by atoms with Crippen molar-refractivity contribution in [1.29, 1.82) is 0 Å². The first-order valence-corrected chi connectivity index (χ1v) is 8.04. The molecule has 0 radical (unpaired) electrons. The Hall–Kier alpha value is -2.04. The summed E-state index contributed by atoms with van der Waals surface area (Å²) in [5, 5.41) is 3.24. The molecule has 1 aromatic rings. The number of rotatable bonds is 5. The van der Waals surface area contributed by atoms with Crippen LogP contribution in [0.25, 0.3) is 0 Å². The van der Waals surface area contributed by atoms with Crippen LogP contribution >= 0.6 is 0 Å². The number of amides is 1. The summed E-state index contributed by atoms with van der Waals surface area (Å²) in [6, 6.07) is 6.32. The molecule has 2 aliphatic rings. The van der Waals surface area contributed by atoms with Gasteiger partial charge in [0.05, 0.1) is 0 Å². The molecule has 5 N–H and O–H groups in total. The van der Waals surface area contributed by atoms with Gasteiger partial charge in [-0.1, -0.05) is 12.1 Å². The smallest absolute Gasteiger partial charge is 0.218 e. The van der Waals surface area contributed by atoms with Crippen molar-refractivity contribution in [3.8, 4) is 0 Å². The lowest BCUT2D eigenvalue weighted by molar-refractivity contribution is -0.119. The second-order valence-electron chi connectivity index (χ2n) is 6.62. The van der Waals surface area contributed by atoms with Gasteiger partial charge in [-0.2, -0.15) is 0 Å². The van der Waals surface area contributed by atoms with E-state index in [2.05, 4.69) is 28.5 Å². The highest BCUT2D eigenvalue weighted by Gasteiger charge is 2.43. The molecule has 0 unspecified atom stereocenters. The number of guanidine groups is 1. The van der Waals surface area contributed by atoms with E-state index in [1.807, 2.05) is 0 Å². The molecule has 0 bridgehead atoms. The topological polar surface area (TPSA) is 93.5 Å². The lowest BCUT2D eigenvalue weighted by Crippen LogP contribution is -2.26. The number of nitrogens with one attached hydrogen (secondary N) is 1. The number of carbonyl (C=O) groups excluding carboxylic acids is 1. The summed E-state index contributed by atoms with van der Waals surface area (Å²) in [4.78, 5) is 15.5. The number of aliphatic imine (C=N–C) groups is 1. The van der Waals surface area contributed by atoms with Crippen molar-refractivity contribution in [3.05, 3.63) is 29.3 Å². The number of aryl methyl sites for hydroxylation is 1. The summed E-state index contributed by atoms with van der Waals surface area (Å²) in [5.41, 5.74) is 15.1. The Morgan fingerprint density at radius 3 is 2.73 bits per heavy atom. The van der Waals surface area contributed by atoms with E-state index in [1.54, 1.807) is 0 Å². The molecule has 0 aliphatic heterocycles. The Bertz CT molecular complexity index is 605. The largest absolute Gasteiger partial charge is 0.370 e. The lowest BCUT2D eigenvalue weighted by Gasteiger charge is -2.20. The van der Waals surface area contributed by atoms with Gasteiger partial charge in [0.2, 0.25) is 5.91 Å². The fourth-order valence-corrected chi connectivity index (χ4v) is 3.27. The third kappa shape index (κ3) is 3.40. The summed E-state index contributed by atoms with van der Waals surface area (Å²) >= 11 is 0. The molecule has 0 atom stereocenters. The molecule has 5 heteroatoms. The monoisotopic (exact) mass is 300 g/mol. The van der Waals surface area contributed by atoms with E-state index in [1.165, 1.54) is 24.0 Å². The summed E-state index contributed by atoms with van der Waals surface area (Å²) in [6.07, 6.45) is 7.15. The molecule has 0 aromatic heterocycles. The van der Waals surface area contributed by atoms with Crippen molar-refractivity contribution >= 4 is 17.6 Å². The first-order valence-electron chi connectivity index (χ1n) is 8.04. The first-order chi connectivity index (χ1) is 10.6. The quantitative estimate of drug-likeness (QED) is 0.573. The maximum Gasteiger partial charge on any atom is 0.218 e. The van der Waals surface area contributed by atoms with Crippen LogP contribution in [0.15, 0.2) is 23.2 Å². The fraction of sp³-hybridized carbons (Fsp3) is 0.529. The molecule has 1 amide bonds. The van der Waals surface area contributed by atoms with Gasteiger partial charge in [-0.15, -0.1) is 0 Å². The summed E-state index contributed by atoms with van der Waals surface area (Å²) < 4.78 is 0. The molecule has 3 rings (SSSR count). The van der Waals surface area contributed by atoms with Crippen LogP contribution in [-0.2, 0) is 17.6 Å². The number of nitrogens with zero attached hydrogens (tertiary/aromatic N) is 1. The number of carbonyl (C=O) groups is 1. The number of hydrogen-bond donors (Lipinski definition) is 3. The minimum absolute atomic E-state index is 0.0335. The van der Waals surface area contributed by atoms with Crippen LogP contribution in [0.3, 0.4) is 0 Å². The van der Waals surface area contributed by atoms with E-state index in [4.69, 9.17) is 11.5 Å². The molecule has 0 heterocycles. The maximum absolute atomic E-state index is 11.1. The van der Waals surface area contributed by atoms with Crippen LogP contribution in [-0.4, -0.2) is 18.4 Å². The van der Waals surface area contributed by atoms with Crippen LogP contribution in [0.1, 0.15) is 43.2 Å². The molecule has 1 saturated carbocycles. The van der Waals surface area contributed by atoms with Gasteiger partial charge in [-0.25, -0.2) is 0 Å². The Morgan fingerprint density at radius 2 is 2.00 bits per heavy atom. The average Bonchev–Trinajstić information content (AvgIpc) is 3.25. The molecule has 1 aromatic carbocycles. The standard InChI is InChI=1S/C17H24N4O/c18-15(22)10-17(8-9-17)11-20-16(19)21-14-7-3-5-12-4-1-2-6-13(12)14/h3,5,7H,1-2,4,6,8-11H2,(H2,18,22)(H3,19,20,21). The van der Waals surface area contributed by atoms with Crippen LogP contribution in [0.5, 0.6) is 0 Å². The van der Waals surface area contributed by atoms with Gasteiger partial charge in [0.15, 0.2) is 5.96 Å². The Balaban J connectivity index is 1.66. The van der Waals surface area contributed by atoms with Gasteiger partial charge >= 0.3 is 0 Å². The highest BCUT2D eigenvalue weighted by atomic mass is 16.1. The summed E-state index contributed by atoms with van der Waals surface area (Å²) in [5.74, 6) is 0.172. The van der Waals surface area contributed by atoms with Crippen molar-refractivity contribution in [2.75, 3.05) is 11.9 Å². The van der Waals surface area contributed by atoms with Gasteiger partial charge in [-0.05, 0) is 61.1 Å². The van der Waals surface area contributed by atoms with E-state index in [0.29, 0.717) is 18.9 Å². The van der Waals surface area contributed by atoms with Crippen LogP contribution in [0, 0.1) is 5.41 Å². The molecule has 0 spiro atoms. The van der Waals surface area contributed by atoms with E-state index in [-0.39, 0.29) is 11.3 Å². The Morgan fingerprint density at radius 1 is 1.23 bits per heavy atom. The minimum atomic E-state index is -0.253. The number of nitrogens with two attached hydrogens (primary N) is 2. The molecule has 1 fully saturated rings. The van der Waals surface area contributed by atoms with E-state index in [9.17, 15) is 4.79 Å².